The molecule has 0 radical (unpaired) electrons. The van der Waals surface area contributed by atoms with E-state index in [9.17, 15) is 0 Å². The molecule has 0 aromatic heterocycles. The van der Waals surface area contributed by atoms with E-state index in [1.807, 2.05) is 0 Å². The summed E-state index contributed by atoms with van der Waals surface area (Å²) in [4.78, 5) is 0. The van der Waals surface area contributed by atoms with Crippen molar-refractivity contribution in [2.75, 3.05) is 0 Å². The Hall–Kier alpha value is -0.0505. The molecule has 0 aromatic carbocycles. The third kappa shape index (κ3) is 1.95. The van der Waals surface area contributed by atoms with Crippen molar-refractivity contribution in [1.82, 2.24) is 0 Å². The van der Waals surface area contributed by atoms with Crippen molar-refractivity contribution < 1.29 is 15.6 Å². The van der Waals surface area contributed by atoms with Crippen LogP contribution in [-0.2, 0) is 15.6 Å². The summed E-state index contributed by atoms with van der Waals surface area (Å²) in [6.07, 6.45) is 0. The molecular weight excluding hydrogens is 91.9 g/mol. The molecule has 0 aliphatic rings. The monoisotopic (exact) mass is 94.0 g/mol. The molecule has 0 aliphatic heterocycles. The van der Waals surface area contributed by atoms with Crippen molar-refractivity contribution >= 4 is 4.58 Å². The number of hydrogen-bond acceptors (Lipinski definition) is 0. The maximum atomic E-state index is 3.18. The Balaban J connectivity index is 3.95. The van der Waals surface area contributed by atoms with E-state index >= 15 is 0 Å². The summed E-state index contributed by atoms with van der Waals surface area (Å²) < 4.78 is 2.32. The molecule has 1 heteroatoms. The molecule has 0 saturated heterocycles. The number of rotatable bonds is 0. The van der Waals surface area contributed by atoms with Gasteiger partial charge in [-0.15, -0.1) is 0 Å². The minimum atomic E-state index is 2.32. The van der Waals surface area contributed by atoms with Crippen LogP contribution in [0.25, 0.3) is 0 Å². The van der Waals surface area contributed by atoms with Gasteiger partial charge in [0.15, 0.2) is 0 Å². The maximum absolute atomic E-state index is 3.18. The molecule has 0 aromatic rings. The van der Waals surface area contributed by atoms with E-state index in [-0.39, 0.29) is 0 Å². The average Bonchev–Trinajstić information content (AvgIpc) is 1.37. The third-order valence-electron chi connectivity index (χ3n) is 0.0625. The second-order valence-electron chi connectivity index (χ2n) is 0.265. The van der Waals surface area contributed by atoms with Gasteiger partial charge in [0, 0.05) is 0 Å². The number of hydrogen-bond donors (Lipinski definition) is 0. The molecule has 4 heavy (non-hydrogen) atoms. The molecule has 0 nitrogen and oxygen atoms in total. The second kappa shape index (κ2) is 2.95. The van der Waals surface area contributed by atoms with Crippen LogP contribution in [0.4, 0.5) is 0 Å². The standard InChI is InChI=1S/C3H2.Fe/c1-3-2;/h1H2;/q;+1. The van der Waals surface area contributed by atoms with Crippen LogP contribution in [-0.4, -0.2) is 4.58 Å². The van der Waals surface area contributed by atoms with Crippen LogP contribution in [0.1, 0.15) is 0 Å². The van der Waals surface area contributed by atoms with E-state index in [1.165, 1.54) is 0 Å². The second-order valence-corrected chi connectivity index (χ2v) is 0.541. The molecule has 0 heterocycles. The van der Waals surface area contributed by atoms with E-state index in [0.717, 1.165) is 0 Å². The van der Waals surface area contributed by atoms with Crippen molar-refractivity contribution in [1.29, 1.82) is 0 Å². The first-order chi connectivity index (χ1) is 1.91. The van der Waals surface area contributed by atoms with Gasteiger partial charge < -0.3 is 0 Å². The topological polar surface area (TPSA) is 0 Å². The minimum absolute atomic E-state index is 2.32. The Labute approximate surface area is 33.2 Å². The normalized spacial score (nSPS) is 3.00. The zero-order valence-electron chi connectivity index (χ0n) is 2.06. The van der Waals surface area contributed by atoms with Crippen LogP contribution in [0.2, 0.25) is 0 Å². The zero-order valence-corrected chi connectivity index (χ0v) is 3.16. The molecule has 0 amide bonds. The molecular formula is C3H2Fe+. The Kier molecular flexibility index (Phi) is 2.91. The molecule has 0 aliphatic carbocycles. The first-order valence-electron chi connectivity index (χ1n) is 0.780. The van der Waals surface area contributed by atoms with Crippen molar-refractivity contribution in [3.63, 3.8) is 0 Å². The van der Waals surface area contributed by atoms with Crippen molar-refractivity contribution in [3.05, 3.63) is 12.3 Å². The Morgan fingerprint density at radius 1 is 1.75 bits per heavy atom. The van der Waals surface area contributed by atoms with Crippen molar-refractivity contribution in [2.24, 2.45) is 0 Å². The van der Waals surface area contributed by atoms with Gasteiger partial charge in [-0.2, -0.15) is 0 Å². The SMILES string of the molecule is C=C=[C]=[Fe+]. The summed E-state index contributed by atoms with van der Waals surface area (Å²) in [5, 5.41) is 0. The molecule has 0 N–H and O–H groups in total. The van der Waals surface area contributed by atoms with Gasteiger partial charge in [0.25, 0.3) is 0 Å². The van der Waals surface area contributed by atoms with Crippen LogP contribution in [0.3, 0.4) is 0 Å². The van der Waals surface area contributed by atoms with Gasteiger partial charge in [-0.05, 0) is 0 Å². The molecule has 0 rings (SSSR count). The van der Waals surface area contributed by atoms with E-state index in [0.29, 0.717) is 0 Å². The molecule has 0 saturated carbocycles. The fourth-order valence-electron chi connectivity index (χ4n) is 0. The van der Waals surface area contributed by atoms with Gasteiger partial charge in [0.1, 0.15) is 0 Å². The van der Waals surface area contributed by atoms with E-state index < -0.39 is 0 Å². The van der Waals surface area contributed by atoms with Crippen LogP contribution >= 0.6 is 0 Å². The fourth-order valence-corrected chi connectivity index (χ4v) is 0. The molecule has 0 fully saturated rings. The first-order valence-corrected chi connectivity index (χ1v) is 1.33. The molecule has 0 bridgehead atoms. The Morgan fingerprint density at radius 2 is 2.00 bits per heavy atom. The predicted octanol–water partition coefficient (Wildman–Crippen LogP) is 0.275. The van der Waals surface area contributed by atoms with E-state index in [1.54, 1.807) is 0 Å². The summed E-state index contributed by atoms with van der Waals surface area (Å²) in [5.74, 6) is 0. The Bertz CT molecular complexity index is 53.4. The Morgan fingerprint density at radius 3 is 2.00 bits per heavy atom. The summed E-state index contributed by atoms with van der Waals surface area (Å²) in [6.45, 7) is 3.18. The van der Waals surface area contributed by atoms with Gasteiger partial charge in [0.05, 0.1) is 0 Å². The molecule has 0 spiro atoms. The third-order valence-corrected chi connectivity index (χ3v) is 0.258. The van der Waals surface area contributed by atoms with Crippen LogP contribution in [0.5, 0.6) is 0 Å². The average molecular weight is 93.9 g/mol. The quantitative estimate of drug-likeness (QED) is 0.298. The van der Waals surface area contributed by atoms with E-state index in [4.69, 9.17) is 0 Å². The molecule has 0 unspecified atom stereocenters. The van der Waals surface area contributed by atoms with Gasteiger partial charge in [0.2, 0.25) is 0 Å². The van der Waals surface area contributed by atoms with Crippen LogP contribution in [0, 0.1) is 0 Å². The summed E-state index contributed by atoms with van der Waals surface area (Å²) in [5.41, 5.74) is 2.32. The van der Waals surface area contributed by atoms with Gasteiger partial charge in [-0.3, -0.25) is 0 Å². The summed E-state index contributed by atoms with van der Waals surface area (Å²) in [6, 6.07) is 0. The summed E-state index contributed by atoms with van der Waals surface area (Å²) in [7, 11) is 0. The fraction of sp³-hybridized carbons (Fsp3) is 0. The van der Waals surface area contributed by atoms with Gasteiger partial charge in [-0.25, -0.2) is 0 Å². The summed E-state index contributed by atoms with van der Waals surface area (Å²) >= 11 is 3.18. The molecule has 0 atom stereocenters. The van der Waals surface area contributed by atoms with Crippen LogP contribution < -0.4 is 0 Å². The predicted molar refractivity (Wildman–Crippen MR) is 14.1 cm³/mol. The van der Waals surface area contributed by atoms with Crippen LogP contribution in [0.15, 0.2) is 12.3 Å². The van der Waals surface area contributed by atoms with Crippen molar-refractivity contribution in [2.45, 2.75) is 0 Å². The van der Waals surface area contributed by atoms with Crippen molar-refractivity contribution in [3.8, 4) is 0 Å². The zero-order chi connectivity index (χ0) is 3.41. The first kappa shape index (κ1) is 3.95. The van der Waals surface area contributed by atoms with Gasteiger partial charge >= 0.3 is 32.5 Å². The van der Waals surface area contributed by atoms with Gasteiger partial charge in [-0.1, -0.05) is 0 Å². The molecule has 21 valence electrons. The van der Waals surface area contributed by atoms with E-state index in [2.05, 4.69) is 32.5 Å².